The van der Waals surface area contributed by atoms with Crippen molar-refractivity contribution >= 4 is 0 Å². The first-order valence-corrected chi connectivity index (χ1v) is 5.52. The third kappa shape index (κ3) is 1.37. The Kier molecular flexibility index (Phi) is 2.24. The van der Waals surface area contributed by atoms with Gasteiger partial charge in [-0.15, -0.1) is 0 Å². The molecule has 0 aromatic rings. The van der Waals surface area contributed by atoms with E-state index in [2.05, 4.69) is 5.32 Å². The molecule has 0 saturated carbocycles. The Morgan fingerprint density at radius 1 is 0.929 bits per heavy atom. The van der Waals surface area contributed by atoms with E-state index in [0.29, 0.717) is 11.8 Å². The summed E-state index contributed by atoms with van der Waals surface area (Å²) in [6.45, 7) is 4.52. The van der Waals surface area contributed by atoms with E-state index in [4.69, 9.17) is 14.2 Å². The fourth-order valence-electron chi connectivity index (χ4n) is 2.50. The zero-order valence-electron chi connectivity index (χ0n) is 8.33. The standard InChI is InChI=1S/C10H17NO3/c1-3-11-4-2-9(1)10-12-5-8(6-13-10)7-14-10/h8-9,11H,1-7H2. The minimum absolute atomic E-state index is 0.407. The molecule has 4 nitrogen and oxygen atoms in total. The molecule has 14 heavy (non-hydrogen) atoms. The monoisotopic (exact) mass is 199 g/mol. The Morgan fingerprint density at radius 3 is 2.07 bits per heavy atom. The highest BCUT2D eigenvalue weighted by Gasteiger charge is 2.50. The molecule has 0 aromatic heterocycles. The average molecular weight is 199 g/mol. The molecule has 2 bridgehead atoms. The molecule has 1 N–H and O–H groups in total. The third-order valence-corrected chi connectivity index (χ3v) is 3.40. The molecule has 0 aliphatic carbocycles. The normalized spacial score (nSPS) is 44.1. The van der Waals surface area contributed by atoms with E-state index in [-0.39, 0.29) is 0 Å². The van der Waals surface area contributed by atoms with Crippen molar-refractivity contribution in [2.45, 2.75) is 18.8 Å². The van der Waals surface area contributed by atoms with Crippen molar-refractivity contribution in [3.63, 3.8) is 0 Å². The summed E-state index contributed by atoms with van der Waals surface area (Å²) in [5, 5.41) is 3.34. The van der Waals surface area contributed by atoms with Gasteiger partial charge in [-0.05, 0) is 25.9 Å². The number of fused-ring (bicyclic) bond motifs is 3. The van der Waals surface area contributed by atoms with E-state index in [1.165, 1.54) is 0 Å². The van der Waals surface area contributed by atoms with Crippen LogP contribution in [0.3, 0.4) is 0 Å². The molecule has 4 aliphatic rings. The van der Waals surface area contributed by atoms with Gasteiger partial charge in [0, 0.05) is 11.8 Å². The van der Waals surface area contributed by atoms with Crippen molar-refractivity contribution in [1.82, 2.24) is 5.32 Å². The molecular formula is C10H17NO3. The van der Waals surface area contributed by atoms with Gasteiger partial charge in [-0.1, -0.05) is 0 Å². The van der Waals surface area contributed by atoms with Crippen molar-refractivity contribution in [2.24, 2.45) is 11.8 Å². The number of nitrogens with one attached hydrogen (secondary N) is 1. The fraction of sp³-hybridized carbons (Fsp3) is 1.00. The predicted molar refractivity (Wildman–Crippen MR) is 49.7 cm³/mol. The van der Waals surface area contributed by atoms with Crippen molar-refractivity contribution in [3.05, 3.63) is 0 Å². The number of ether oxygens (including phenoxy) is 3. The summed E-state index contributed by atoms with van der Waals surface area (Å²) in [4.78, 5) is 0. The van der Waals surface area contributed by atoms with Crippen molar-refractivity contribution in [3.8, 4) is 0 Å². The molecule has 4 aliphatic heterocycles. The Balaban J connectivity index is 1.73. The number of piperidine rings is 1. The maximum absolute atomic E-state index is 5.73. The van der Waals surface area contributed by atoms with Gasteiger partial charge in [0.2, 0.25) is 0 Å². The smallest absolute Gasteiger partial charge is 0.286 e. The minimum Gasteiger partial charge on any atom is -0.327 e. The van der Waals surface area contributed by atoms with E-state index in [0.717, 1.165) is 45.8 Å². The van der Waals surface area contributed by atoms with Crippen LogP contribution in [0.25, 0.3) is 0 Å². The molecule has 4 saturated heterocycles. The first-order chi connectivity index (χ1) is 6.89. The van der Waals surface area contributed by atoms with Crippen molar-refractivity contribution in [2.75, 3.05) is 32.9 Å². The molecular weight excluding hydrogens is 182 g/mol. The zero-order valence-corrected chi connectivity index (χ0v) is 8.33. The maximum atomic E-state index is 5.73. The van der Waals surface area contributed by atoms with E-state index in [1.807, 2.05) is 0 Å². The Bertz CT molecular complexity index is 194. The van der Waals surface area contributed by atoms with Gasteiger partial charge in [0.25, 0.3) is 5.97 Å². The summed E-state index contributed by atoms with van der Waals surface area (Å²) in [5.74, 6) is 0.181. The largest absolute Gasteiger partial charge is 0.327 e. The average Bonchev–Trinajstić information content (AvgIpc) is 2.33. The Hall–Kier alpha value is -0.160. The molecule has 4 fully saturated rings. The summed E-state index contributed by atoms with van der Waals surface area (Å²) in [5.41, 5.74) is 0. The lowest BCUT2D eigenvalue weighted by Crippen LogP contribution is -2.59. The summed E-state index contributed by atoms with van der Waals surface area (Å²) >= 11 is 0. The minimum atomic E-state index is -0.684. The van der Waals surface area contributed by atoms with E-state index < -0.39 is 5.97 Å². The topological polar surface area (TPSA) is 39.7 Å². The van der Waals surface area contributed by atoms with Crippen LogP contribution in [-0.4, -0.2) is 38.9 Å². The molecule has 0 aromatic carbocycles. The number of rotatable bonds is 1. The molecule has 4 heterocycles. The molecule has 0 unspecified atom stereocenters. The lowest BCUT2D eigenvalue weighted by atomic mass is 9.93. The van der Waals surface area contributed by atoms with Crippen molar-refractivity contribution < 1.29 is 14.2 Å². The molecule has 0 atom stereocenters. The Morgan fingerprint density at radius 2 is 1.50 bits per heavy atom. The van der Waals surface area contributed by atoms with Crippen LogP contribution in [0.15, 0.2) is 0 Å². The highest BCUT2D eigenvalue weighted by molar-refractivity contribution is 4.83. The first kappa shape index (κ1) is 9.09. The predicted octanol–water partition coefficient (Wildman–Crippen LogP) is 0.333. The second-order valence-corrected chi connectivity index (χ2v) is 4.43. The van der Waals surface area contributed by atoms with Crippen LogP contribution in [0, 0.1) is 11.8 Å². The van der Waals surface area contributed by atoms with Gasteiger partial charge >= 0.3 is 0 Å². The van der Waals surface area contributed by atoms with Crippen LogP contribution in [-0.2, 0) is 14.2 Å². The van der Waals surface area contributed by atoms with Gasteiger partial charge in [-0.3, -0.25) is 0 Å². The van der Waals surface area contributed by atoms with E-state index in [9.17, 15) is 0 Å². The second-order valence-electron chi connectivity index (χ2n) is 4.43. The maximum Gasteiger partial charge on any atom is 0.286 e. The summed E-state index contributed by atoms with van der Waals surface area (Å²) < 4.78 is 17.2. The van der Waals surface area contributed by atoms with Crippen LogP contribution in [0.5, 0.6) is 0 Å². The summed E-state index contributed by atoms with van der Waals surface area (Å²) in [6.07, 6.45) is 2.18. The number of hydrogen-bond donors (Lipinski definition) is 1. The van der Waals surface area contributed by atoms with E-state index >= 15 is 0 Å². The van der Waals surface area contributed by atoms with Crippen molar-refractivity contribution in [1.29, 1.82) is 0 Å². The lowest BCUT2D eigenvalue weighted by molar-refractivity contribution is -0.469. The molecule has 4 heteroatoms. The first-order valence-electron chi connectivity index (χ1n) is 5.52. The van der Waals surface area contributed by atoms with Gasteiger partial charge in [0.15, 0.2) is 0 Å². The van der Waals surface area contributed by atoms with Gasteiger partial charge in [-0.25, -0.2) is 0 Å². The van der Waals surface area contributed by atoms with Crippen LogP contribution in [0.1, 0.15) is 12.8 Å². The van der Waals surface area contributed by atoms with Gasteiger partial charge in [0.1, 0.15) is 0 Å². The molecule has 0 spiro atoms. The number of hydrogen-bond acceptors (Lipinski definition) is 4. The van der Waals surface area contributed by atoms with Crippen LogP contribution in [0.4, 0.5) is 0 Å². The third-order valence-electron chi connectivity index (χ3n) is 3.40. The SMILES string of the molecule is C1CC(C23OCC(CO2)CO3)CCN1. The second kappa shape index (κ2) is 3.45. The van der Waals surface area contributed by atoms with Crippen LogP contribution >= 0.6 is 0 Å². The molecule has 0 amide bonds. The molecule has 80 valence electrons. The highest BCUT2D eigenvalue weighted by atomic mass is 16.9. The quantitative estimate of drug-likeness (QED) is 0.660. The lowest BCUT2D eigenvalue weighted by Gasteiger charge is -2.49. The Labute approximate surface area is 83.9 Å². The molecule has 0 radical (unpaired) electrons. The summed E-state index contributed by atoms with van der Waals surface area (Å²) in [7, 11) is 0. The molecule has 4 rings (SSSR count). The van der Waals surface area contributed by atoms with Gasteiger partial charge < -0.3 is 19.5 Å². The fourth-order valence-corrected chi connectivity index (χ4v) is 2.50. The van der Waals surface area contributed by atoms with Crippen LogP contribution in [0.2, 0.25) is 0 Å². The van der Waals surface area contributed by atoms with Gasteiger partial charge in [-0.2, -0.15) is 0 Å². The van der Waals surface area contributed by atoms with Gasteiger partial charge in [0.05, 0.1) is 19.8 Å². The van der Waals surface area contributed by atoms with Crippen LogP contribution < -0.4 is 5.32 Å². The van der Waals surface area contributed by atoms with E-state index in [1.54, 1.807) is 0 Å². The summed E-state index contributed by atoms with van der Waals surface area (Å²) in [6, 6.07) is 0. The highest BCUT2D eigenvalue weighted by Crippen LogP contribution is 2.39. The zero-order chi connectivity index (χ0) is 9.43.